The van der Waals surface area contributed by atoms with Crippen molar-refractivity contribution >= 4 is 17.6 Å². The molecule has 1 aromatic rings. The lowest BCUT2D eigenvalue weighted by Gasteiger charge is -2.31. The average Bonchev–Trinajstić information content (AvgIpc) is 2.42. The smallest absolute Gasteiger partial charge is 0.312 e. The molecule has 6 heteroatoms. The summed E-state index contributed by atoms with van der Waals surface area (Å²) in [5.74, 6) is -0.121. The predicted molar refractivity (Wildman–Crippen MR) is 71.5 cm³/mol. The molecule has 1 aliphatic rings. The number of nitrogens with one attached hydrogen (secondary N) is 1. The zero-order chi connectivity index (χ0) is 13.8. The number of carbonyl (C=O) groups is 2. The highest BCUT2D eigenvalue weighted by Crippen LogP contribution is 2.15. The summed E-state index contributed by atoms with van der Waals surface area (Å²) in [6.07, 6.45) is 1.71. The van der Waals surface area contributed by atoms with Crippen LogP contribution in [0.3, 0.4) is 0 Å². The third-order valence-corrected chi connectivity index (χ3v) is 3.12. The van der Waals surface area contributed by atoms with E-state index >= 15 is 0 Å². The molecule has 2 amide bonds. The molecule has 2 heterocycles. The van der Waals surface area contributed by atoms with Gasteiger partial charge in [0.25, 0.3) is 0 Å². The minimum Gasteiger partial charge on any atom is -0.370 e. The van der Waals surface area contributed by atoms with E-state index in [4.69, 9.17) is 0 Å². The summed E-state index contributed by atoms with van der Waals surface area (Å²) in [7, 11) is 1.64. The van der Waals surface area contributed by atoms with Gasteiger partial charge in [-0.15, -0.1) is 0 Å². The summed E-state index contributed by atoms with van der Waals surface area (Å²) < 4.78 is 0. The van der Waals surface area contributed by atoms with E-state index in [9.17, 15) is 9.59 Å². The Balaban J connectivity index is 2.13. The fraction of sp³-hybridized carbons (Fsp3) is 0.462. The van der Waals surface area contributed by atoms with Crippen molar-refractivity contribution in [2.45, 2.75) is 13.5 Å². The quantitative estimate of drug-likeness (QED) is 0.793. The number of pyridine rings is 1. The lowest BCUT2D eigenvalue weighted by Crippen LogP contribution is -2.52. The standard InChI is InChI=1S/C13H18N4O2/c1-3-14-11-10(5-4-6-15-11)9-17-8-7-16(2)12(18)13(17)19/h4-6H,3,7-9H2,1-2H3,(H,14,15). The van der Waals surface area contributed by atoms with Crippen molar-refractivity contribution in [1.29, 1.82) is 0 Å². The highest BCUT2D eigenvalue weighted by Gasteiger charge is 2.30. The van der Waals surface area contributed by atoms with Gasteiger partial charge in [-0.2, -0.15) is 0 Å². The van der Waals surface area contributed by atoms with E-state index in [2.05, 4.69) is 10.3 Å². The van der Waals surface area contributed by atoms with E-state index in [1.807, 2.05) is 19.1 Å². The van der Waals surface area contributed by atoms with Crippen molar-refractivity contribution in [2.24, 2.45) is 0 Å². The van der Waals surface area contributed by atoms with Gasteiger partial charge in [-0.05, 0) is 13.0 Å². The van der Waals surface area contributed by atoms with E-state index < -0.39 is 11.8 Å². The van der Waals surface area contributed by atoms with E-state index in [0.717, 1.165) is 17.9 Å². The fourth-order valence-electron chi connectivity index (χ4n) is 2.02. The number of rotatable bonds is 4. The van der Waals surface area contributed by atoms with E-state index in [0.29, 0.717) is 19.6 Å². The second-order valence-electron chi connectivity index (χ2n) is 4.49. The minimum absolute atomic E-state index is 0.411. The van der Waals surface area contributed by atoms with Crippen LogP contribution in [0.2, 0.25) is 0 Å². The lowest BCUT2D eigenvalue weighted by molar-refractivity contribution is -0.155. The lowest BCUT2D eigenvalue weighted by atomic mass is 10.2. The Hall–Kier alpha value is -2.11. The Bertz CT molecular complexity index is 489. The van der Waals surface area contributed by atoms with Crippen LogP contribution in [0.1, 0.15) is 12.5 Å². The predicted octanol–water partition coefficient (Wildman–Crippen LogP) is 0.314. The van der Waals surface area contributed by atoms with Crippen molar-refractivity contribution in [3.63, 3.8) is 0 Å². The van der Waals surface area contributed by atoms with Crippen LogP contribution in [0.5, 0.6) is 0 Å². The van der Waals surface area contributed by atoms with Crippen molar-refractivity contribution in [3.05, 3.63) is 23.9 Å². The summed E-state index contributed by atoms with van der Waals surface area (Å²) >= 11 is 0. The average molecular weight is 262 g/mol. The molecule has 0 aliphatic carbocycles. The molecule has 0 aromatic carbocycles. The molecule has 0 saturated carbocycles. The molecule has 1 N–H and O–H groups in total. The molecular formula is C13H18N4O2. The van der Waals surface area contributed by atoms with Crippen molar-refractivity contribution in [3.8, 4) is 0 Å². The summed E-state index contributed by atoms with van der Waals surface area (Å²) in [5.41, 5.74) is 0.926. The van der Waals surface area contributed by atoms with Gasteiger partial charge in [0.1, 0.15) is 5.82 Å². The van der Waals surface area contributed by atoms with Gasteiger partial charge >= 0.3 is 11.8 Å². The molecule has 0 radical (unpaired) electrons. The third kappa shape index (κ3) is 2.83. The molecule has 102 valence electrons. The number of amides is 2. The van der Waals surface area contributed by atoms with Gasteiger partial charge in [0.05, 0.1) is 0 Å². The number of likely N-dealkylation sites (N-methyl/N-ethyl adjacent to an activating group) is 1. The van der Waals surface area contributed by atoms with Crippen LogP contribution in [0.4, 0.5) is 5.82 Å². The maximum Gasteiger partial charge on any atom is 0.312 e. The fourth-order valence-corrected chi connectivity index (χ4v) is 2.02. The number of aromatic nitrogens is 1. The SMILES string of the molecule is CCNc1ncccc1CN1CCN(C)C(=O)C1=O. The first kappa shape index (κ1) is 13.3. The molecule has 0 bridgehead atoms. The van der Waals surface area contributed by atoms with E-state index in [1.54, 1.807) is 18.1 Å². The number of carbonyl (C=O) groups excluding carboxylic acids is 2. The molecule has 0 atom stereocenters. The highest BCUT2D eigenvalue weighted by atomic mass is 16.2. The monoisotopic (exact) mass is 262 g/mol. The van der Waals surface area contributed by atoms with Crippen LogP contribution in [0, 0.1) is 0 Å². The molecule has 1 saturated heterocycles. The van der Waals surface area contributed by atoms with Crippen molar-refractivity contribution < 1.29 is 9.59 Å². The number of nitrogens with zero attached hydrogens (tertiary/aromatic N) is 3. The van der Waals surface area contributed by atoms with Crippen molar-refractivity contribution in [1.82, 2.24) is 14.8 Å². The largest absolute Gasteiger partial charge is 0.370 e. The number of anilines is 1. The molecule has 1 aromatic heterocycles. The molecule has 2 rings (SSSR count). The Morgan fingerprint density at radius 3 is 2.84 bits per heavy atom. The van der Waals surface area contributed by atoms with E-state index in [-0.39, 0.29) is 0 Å². The van der Waals surface area contributed by atoms with Gasteiger partial charge in [0.15, 0.2) is 0 Å². The van der Waals surface area contributed by atoms with Crippen LogP contribution < -0.4 is 5.32 Å². The topological polar surface area (TPSA) is 65.5 Å². The molecule has 0 spiro atoms. The van der Waals surface area contributed by atoms with Crippen LogP contribution >= 0.6 is 0 Å². The van der Waals surface area contributed by atoms with Crippen LogP contribution in [0.15, 0.2) is 18.3 Å². The second kappa shape index (κ2) is 5.69. The van der Waals surface area contributed by atoms with Crippen LogP contribution in [-0.4, -0.2) is 53.3 Å². The summed E-state index contributed by atoms with van der Waals surface area (Å²) in [5, 5.41) is 3.16. The second-order valence-corrected chi connectivity index (χ2v) is 4.49. The van der Waals surface area contributed by atoms with Gasteiger partial charge in [0.2, 0.25) is 0 Å². The minimum atomic E-state index is -0.444. The highest BCUT2D eigenvalue weighted by molar-refractivity contribution is 6.35. The molecule has 0 unspecified atom stereocenters. The molecule has 6 nitrogen and oxygen atoms in total. The summed E-state index contributed by atoms with van der Waals surface area (Å²) in [6.45, 7) is 4.29. The molecule has 19 heavy (non-hydrogen) atoms. The number of hydrogen-bond acceptors (Lipinski definition) is 4. The maximum atomic E-state index is 11.9. The van der Waals surface area contributed by atoms with Gasteiger partial charge < -0.3 is 15.1 Å². The Kier molecular flexibility index (Phi) is 3.99. The van der Waals surface area contributed by atoms with Crippen molar-refractivity contribution in [2.75, 3.05) is 32.0 Å². The zero-order valence-electron chi connectivity index (χ0n) is 11.2. The van der Waals surface area contributed by atoms with Gasteiger partial charge in [0, 0.05) is 45.0 Å². The summed E-state index contributed by atoms with van der Waals surface area (Å²) in [6, 6.07) is 3.75. The van der Waals surface area contributed by atoms with Crippen LogP contribution in [0.25, 0.3) is 0 Å². The molecular weight excluding hydrogens is 244 g/mol. The third-order valence-electron chi connectivity index (χ3n) is 3.12. The van der Waals surface area contributed by atoms with Gasteiger partial charge in [-0.3, -0.25) is 9.59 Å². The van der Waals surface area contributed by atoms with Gasteiger partial charge in [-0.25, -0.2) is 4.98 Å². The molecule has 1 aliphatic heterocycles. The van der Waals surface area contributed by atoms with Gasteiger partial charge in [-0.1, -0.05) is 6.07 Å². The number of hydrogen-bond donors (Lipinski definition) is 1. The first-order valence-electron chi connectivity index (χ1n) is 6.35. The Morgan fingerprint density at radius 1 is 1.32 bits per heavy atom. The maximum absolute atomic E-state index is 11.9. The Morgan fingerprint density at radius 2 is 2.11 bits per heavy atom. The number of piperazine rings is 1. The van der Waals surface area contributed by atoms with Crippen LogP contribution in [-0.2, 0) is 16.1 Å². The Labute approximate surface area is 112 Å². The van der Waals surface area contributed by atoms with E-state index in [1.165, 1.54) is 4.90 Å². The first-order valence-corrected chi connectivity index (χ1v) is 6.35. The first-order chi connectivity index (χ1) is 9.13. The zero-order valence-corrected chi connectivity index (χ0v) is 11.2. The summed E-state index contributed by atoms with van der Waals surface area (Å²) in [4.78, 5) is 30.8. The molecule has 1 fully saturated rings. The normalized spacial score (nSPS) is 15.9.